The van der Waals surface area contributed by atoms with Crippen LogP contribution in [0.3, 0.4) is 0 Å². The molecule has 1 amide bonds. The van der Waals surface area contributed by atoms with Crippen LogP contribution in [0, 0.1) is 46.3 Å². The van der Waals surface area contributed by atoms with Crippen LogP contribution in [-0.2, 0) is 19.1 Å². The Morgan fingerprint density at radius 3 is 2.64 bits per heavy atom. The highest BCUT2D eigenvalue weighted by molar-refractivity contribution is 5.72. The van der Waals surface area contributed by atoms with E-state index in [9.17, 15) is 9.59 Å². The van der Waals surface area contributed by atoms with Gasteiger partial charge in [-0.1, -0.05) is 20.8 Å². The number of carbonyl (C=O) groups is 2. The van der Waals surface area contributed by atoms with Crippen molar-refractivity contribution in [2.45, 2.75) is 105 Å². The molecule has 9 atom stereocenters. The zero-order valence-corrected chi connectivity index (χ0v) is 23.3. The van der Waals surface area contributed by atoms with E-state index in [0.717, 1.165) is 55.7 Å². The largest absolute Gasteiger partial charge is 0.494 e. The summed E-state index contributed by atoms with van der Waals surface area (Å²) in [4.78, 5) is 22.8. The summed E-state index contributed by atoms with van der Waals surface area (Å²) >= 11 is 0. The fourth-order valence-electron chi connectivity index (χ4n) is 9.48. The number of esters is 1. The summed E-state index contributed by atoms with van der Waals surface area (Å²) in [6.07, 6.45) is 13.1. The molecule has 4 aliphatic carbocycles. The molecule has 0 bridgehead atoms. The van der Waals surface area contributed by atoms with Crippen molar-refractivity contribution in [2.75, 3.05) is 6.54 Å². The number of amides is 1. The van der Waals surface area contributed by atoms with Crippen molar-refractivity contribution in [3.63, 3.8) is 0 Å². The summed E-state index contributed by atoms with van der Waals surface area (Å²) in [5.74, 6) is 5.88. The average Bonchev–Trinajstić information content (AvgIpc) is 3.29. The Morgan fingerprint density at radius 2 is 1.92 bits per heavy atom. The highest BCUT2D eigenvalue weighted by Crippen LogP contribution is 2.69. The molecule has 5 rings (SSSR count). The van der Waals surface area contributed by atoms with E-state index in [2.05, 4.69) is 39.1 Å². The fourth-order valence-corrected chi connectivity index (χ4v) is 9.48. The number of carbonyl (C=O) groups excluding carboxylic acids is 2. The molecule has 5 nitrogen and oxygen atoms in total. The lowest BCUT2D eigenvalue weighted by molar-refractivity contribution is -0.138. The van der Waals surface area contributed by atoms with E-state index < -0.39 is 0 Å². The van der Waals surface area contributed by atoms with E-state index in [1.54, 1.807) is 6.92 Å². The number of hydrogen-bond donors (Lipinski definition) is 1. The van der Waals surface area contributed by atoms with Gasteiger partial charge in [-0.25, -0.2) is 0 Å². The smallest absolute Gasteiger partial charge is 0.307 e. The summed E-state index contributed by atoms with van der Waals surface area (Å²) in [5.41, 5.74) is 2.18. The predicted molar refractivity (Wildman–Crippen MR) is 140 cm³/mol. The van der Waals surface area contributed by atoms with E-state index in [-0.39, 0.29) is 11.9 Å². The summed E-state index contributed by atoms with van der Waals surface area (Å²) in [6.45, 7) is 13.5. The van der Waals surface area contributed by atoms with Crippen molar-refractivity contribution in [1.82, 2.24) is 5.32 Å². The van der Waals surface area contributed by atoms with Crippen LogP contribution in [0.2, 0.25) is 0 Å². The highest BCUT2D eigenvalue weighted by Gasteiger charge is 2.64. The van der Waals surface area contributed by atoms with E-state index in [4.69, 9.17) is 9.47 Å². The van der Waals surface area contributed by atoms with Gasteiger partial charge in [0.2, 0.25) is 5.91 Å². The third-order valence-electron chi connectivity index (χ3n) is 11.3. The van der Waals surface area contributed by atoms with Gasteiger partial charge in [-0.3, -0.25) is 9.59 Å². The van der Waals surface area contributed by atoms with Crippen molar-refractivity contribution in [3.8, 4) is 0 Å². The summed E-state index contributed by atoms with van der Waals surface area (Å²) in [6, 6.07) is 0. The molecular formula is C31H47NO4. The third-order valence-corrected chi connectivity index (χ3v) is 11.3. The first-order valence-corrected chi connectivity index (χ1v) is 14.5. The van der Waals surface area contributed by atoms with Crippen LogP contribution in [-0.4, -0.2) is 24.5 Å². The highest BCUT2D eigenvalue weighted by atomic mass is 16.5. The lowest BCUT2D eigenvalue weighted by Crippen LogP contribution is -2.52. The van der Waals surface area contributed by atoms with Crippen molar-refractivity contribution < 1.29 is 19.1 Å². The Kier molecular flexibility index (Phi) is 6.83. The molecular weight excluding hydrogens is 450 g/mol. The summed E-state index contributed by atoms with van der Waals surface area (Å²) in [5, 5.41) is 2.95. The first-order chi connectivity index (χ1) is 17.0. The molecule has 36 heavy (non-hydrogen) atoms. The van der Waals surface area contributed by atoms with Crippen molar-refractivity contribution in [2.24, 2.45) is 46.3 Å². The topological polar surface area (TPSA) is 64.6 Å². The number of nitrogens with one attached hydrogen (secondary N) is 1. The lowest BCUT2D eigenvalue weighted by atomic mass is 9.45. The molecule has 3 saturated carbocycles. The van der Waals surface area contributed by atoms with Crippen LogP contribution in [0.4, 0.5) is 0 Å². The molecule has 3 fully saturated rings. The van der Waals surface area contributed by atoms with Gasteiger partial charge in [0.15, 0.2) is 0 Å². The number of allylic oxidation sites excluding steroid dienone is 3. The second kappa shape index (κ2) is 9.51. The molecule has 0 aromatic rings. The molecule has 0 aromatic heterocycles. The lowest BCUT2D eigenvalue weighted by Gasteiger charge is -2.59. The maximum absolute atomic E-state index is 11.5. The summed E-state index contributed by atoms with van der Waals surface area (Å²) < 4.78 is 12.2. The monoisotopic (exact) mass is 497 g/mol. The minimum absolute atomic E-state index is 0.0513. The first kappa shape index (κ1) is 25.9. The number of hydrogen-bond acceptors (Lipinski definition) is 4. The Bertz CT molecular complexity index is 968. The summed E-state index contributed by atoms with van der Waals surface area (Å²) in [7, 11) is 0. The molecule has 5 heteroatoms. The number of fused-ring (bicyclic) bond motifs is 7. The maximum Gasteiger partial charge on any atom is 0.307 e. The number of rotatable bonds is 6. The van der Waals surface area contributed by atoms with Gasteiger partial charge in [-0.2, -0.15) is 0 Å². The molecule has 2 unspecified atom stereocenters. The van der Waals surface area contributed by atoms with Crippen LogP contribution in [0.5, 0.6) is 0 Å². The first-order valence-electron chi connectivity index (χ1n) is 14.5. The normalized spacial score (nSPS) is 41.8. The molecule has 0 radical (unpaired) electrons. The Morgan fingerprint density at radius 1 is 1.14 bits per heavy atom. The molecule has 0 spiro atoms. The van der Waals surface area contributed by atoms with Gasteiger partial charge in [0.1, 0.15) is 11.9 Å². The molecule has 0 aromatic carbocycles. The van der Waals surface area contributed by atoms with Gasteiger partial charge in [0, 0.05) is 39.2 Å². The second-order valence-electron chi connectivity index (χ2n) is 13.4. The van der Waals surface area contributed by atoms with E-state index in [1.165, 1.54) is 50.4 Å². The average molecular weight is 498 g/mol. The van der Waals surface area contributed by atoms with Crippen molar-refractivity contribution >= 4 is 11.9 Å². The van der Waals surface area contributed by atoms with Crippen molar-refractivity contribution in [3.05, 3.63) is 23.2 Å². The Labute approximate surface area is 217 Å². The maximum atomic E-state index is 11.5. The van der Waals surface area contributed by atoms with Crippen LogP contribution < -0.4 is 5.32 Å². The SMILES string of the molecule is CC(=O)NCC(C)CCC1=C(C)[C@H]2[C@H](C[C@H]3[C@@H]4CCC5C=C(OC(C)=O)CC[C@]5(C)[C@H]4CC[C@@]32C)O1. The Hall–Kier alpha value is -1.78. The number of ether oxygens (including phenoxy) is 2. The van der Waals surface area contributed by atoms with Gasteiger partial charge in [0.05, 0.1) is 5.76 Å². The van der Waals surface area contributed by atoms with Crippen LogP contribution in [0.25, 0.3) is 0 Å². The van der Waals surface area contributed by atoms with Gasteiger partial charge >= 0.3 is 5.97 Å². The molecule has 1 aliphatic heterocycles. The predicted octanol–water partition coefficient (Wildman–Crippen LogP) is 6.54. The third kappa shape index (κ3) is 4.32. The molecule has 1 N–H and O–H groups in total. The quantitative estimate of drug-likeness (QED) is 0.423. The van der Waals surface area contributed by atoms with E-state index >= 15 is 0 Å². The van der Waals surface area contributed by atoms with Gasteiger partial charge in [-0.05, 0) is 104 Å². The standard InChI is InChI=1S/C31H47NO4/c1-18(17-32-20(3)33)7-10-27-19(2)29-28(36-27)16-26-24-9-8-22-15-23(35-21(4)34)11-13-30(22,5)25(24)12-14-31(26,29)6/h15,18,22,24-26,28-29H,7-14,16-17H2,1-6H3,(H,32,33)/t18?,22?,24-,25+,26+,28+,29+,30+,31+/m1/s1. The van der Waals surface area contributed by atoms with Crippen LogP contribution >= 0.6 is 0 Å². The van der Waals surface area contributed by atoms with Gasteiger partial charge in [0.25, 0.3) is 0 Å². The van der Waals surface area contributed by atoms with Gasteiger partial charge < -0.3 is 14.8 Å². The zero-order chi connectivity index (χ0) is 25.8. The van der Waals surface area contributed by atoms with E-state index in [0.29, 0.717) is 34.7 Å². The van der Waals surface area contributed by atoms with E-state index in [1.807, 2.05) is 0 Å². The van der Waals surface area contributed by atoms with Crippen molar-refractivity contribution in [1.29, 1.82) is 0 Å². The zero-order valence-electron chi connectivity index (χ0n) is 23.3. The minimum Gasteiger partial charge on any atom is -0.494 e. The molecule has 200 valence electrons. The van der Waals surface area contributed by atoms with Crippen LogP contribution in [0.1, 0.15) is 99.3 Å². The Balaban J connectivity index is 1.28. The fraction of sp³-hybridized carbons (Fsp3) is 0.806. The minimum atomic E-state index is -0.186. The van der Waals surface area contributed by atoms with Gasteiger partial charge in [-0.15, -0.1) is 0 Å². The molecule has 5 aliphatic rings. The van der Waals surface area contributed by atoms with Crippen LogP contribution in [0.15, 0.2) is 23.2 Å². The molecule has 1 heterocycles. The molecule has 0 saturated heterocycles. The second-order valence-corrected chi connectivity index (χ2v) is 13.4.